The van der Waals surface area contributed by atoms with Crippen molar-refractivity contribution in [3.8, 4) is 0 Å². The number of hydrogen-bond acceptors (Lipinski definition) is 2. The van der Waals surface area contributed by atoms with Crippen LogP contribution in [-0.4, -0.2) is 17.1 Å². The smallest absolute Gasteiger partial charge is 0.326 e. The Morgan fingerprint density at radius 2 is 2.36 bits per heavy atom. The predicted molar refractivity (Wildman–Crippen MR) is 50.2 cm³/mol. The molecule has 0 saturated heterocycles. The van der Waals surface area contributed by atoms with E-state index in [9.17, 15) is 9.18 Å². The van der Waals surface area contributed by atoms with Gasteiger partial charge in [0.15, 0.2) is 0 Å². The van der Waals surface area contributed by atoms with Gasteiger partial charge >= 0.3 is 5.97 Å². The predicted octanol–water partition coefficient (Wildman–Crippen LogP) is 1.90. The molecule has 2 N–H and O–H groups in total. The maximum absolute atomic E-state index is 13.0. The summed E-state index contributed by atoms with van der Waals surface area (Å²) in [6, 6.07) is 2.01. The van der Waals surface area contributed by atoms with Gasteiger partial charge in [-0.25, -0.2) is 9.18 Å². The topological polar surface area (TPSA) is 49.3 Å². The van der Waals surface area contributed by atoms with Gasteiger partial charge in [0.25, 0.3) is 0 Å². The highest BCUT2D eigenvalue weighted by molar-refractivity contribution is 6.31. The Bertz CT molecular complexity index is 377. The van der Waals surface area contributed by atoms with Crippen molar-refractivity contribution in [2.75, 3.05) is 5.32 Å². The first-order valence-corrected chi connectivity index (χ1v) is 4.43. The maximum Gasteiger partial charge on any atom is 0.326 e. The Labute approximate surface area is 84.5 Å². The normalized spacial score (nSPS) is 18.9. The molecule has 1 aromatic carbocycles. The highest BCUT2D eigenvalue weighted by atomic mass is 35.5. The average Bonchev–Trinajstić information content (AvgIpc) is 2.48. The molecule has 0 aromatic heterocycles. The molecule has 0 amide bonds. The van der Waals surface area contributed by atoms with Gasteiger partial charge in [-0.2, -0.15) is 0 Å². The van der Waals surface area contributed by atoms with Gasteiger partial charge in [0.1, 0.15) is 11.9 Å². The number of carbonyl (C=O) groups is 1. The Kier molecular flexibility index (Phi) is 2.07. The SMILES string of the molecule is O=C(O)C1Cc2cc(F)c(Cl)cc2N1. The third kappa shape index (κ3) is 1.42. The molecule has 3 nitrogen and oxygen atoms in total. The molecule has 0 bridgehead atoms. The van der Waals surface area contributed by atoms with Crippen LogP contribution in [-0.2, 0) is 11.2 Å². The number of hydrogen-bond donors (Lipinski definition) is 2. The van der Waals surface area contributed by atoms with E-state index in [1.807, 2.05) is 0 Å². The van der Waals surface area contributed by atoms with Gasteiger partial charge in [-0.3, -0.25) is 0 Å². The molecule has 0 aliphatic carbocycles. The van der Waals surface area contributed by atoms with Crippen LogP contribution in [0, 0.1) is 5.82 Å². The van der Waals surface area contributed by atoms with Crippen molar-refractivity contribution in [2.45, 2.75) is 12.5 Å². The van der Waals surface area contributed by atoms with Crippen LogP contribution in [0.3, 0.4) is 0 Å². The lowest BCUT2D eigenvalue weighted by Gasteiger charge is -2.03. The molecule has 0 radical (unpaired) electrons. The van der Waals surface area contributed by atoms with E-state index in [1.54, 1.807) is 0 Å². The second-order valence-corrected chi connectivity index (χ2v) is 3.57. The third-order valence-corrected chi connectivity index (χ3v) is 2.49. The van der Waals surface area contributed by atoms with Crippen molar-refractivity contribution >= 4 is 23.3 Å². The van der Waals surface area contributed by atoms with E-state index in [0.717, 1.165) is 0 Å². The van der Waals surface area contributed by atoms with Gasteiger partial charge in [-0.15, -0.1) is 0 Å². The number of carboxylic acid groups (broad SMARTS) is 1. The van der Waals surface area contributed by atoms with Crippen molar-refractivity contribution in [3.63, 3.8) is 0 Å². The Morgan fingerprint density at radius 3 is 3.00 bits per heavy atom. The van der Waals surface area contributed by atoms with Crippen LogP contribution in [0.15, 0.2) is 12.1 Å². The van der Waals surface area contributed by atoms with E-state index in [4.69, 9.17) is 16.7 Å². The van der Waals surface area contributed by atoms with E-state index >= 15 is 0 Å². The number of rotatable bonds is 1. The first-order valence-electron chi connectivity index (χ1n) is 4.05. The summed E-state index contributed by atoms with van der Waals surface area (Å²) in [4.78, 5) is 10.7. The van der Waals surface area contributed by atoms with Gasteiger partial charge in [0.05, 0.1) is 5.02 Å². The van der Waals surface area contributed by atoms with Gasteiger partial charge in [0, 0.05) is 12.1 Å². The summed E-state index contributed by atoms with van der Waals surface area (Å²) in [5, 5.41) is 11.5. The van der Waals surface area contributed by atoms with E-state index in [-0.39, 0.29) is 5.02 Å². The summed E-state index contributed by atoms with van der Waals surface area (Å²) < 4.78 is 13.0. The van der Waals surface area contributed by atoms with Crippen LogP contribution in [0.25, 0.3) is 0 Å². The number of aliphatic carboxylic acids is 1. The zero-order chi connectivity index (χ0) is 10.3. The van der Waals surface area contributed by atoms with Crippen LogP contribution in [0.4, 0.5) is 10.1 Å². The number of nitrogens with one attached hydrogen (secondary N) is 1. The third-order valence-electron chi connectivity index (χ3n) is 2.20. The zero-order valence-electron chi connectivity index (χ0n) is 7.05. The fourth-order valence-electron chi connectivity index (χ4n) is 1.50. The number of benzene rings is 1. The number of halogens is 2. The minimum atomic E-state index is -0.947. The van der Waals surface area contributed by atoms with Gasteiger partial charge in [-0.1, -0.05) is 11.6 Å². The molecule has 1 aliphatic rings. The molecule has 0 spiro atoms. The molecule has 1 aromatic rings. The van der Waals surface area contributed by atoms with E-state index in [1.165, 1.54) is 12.1 Å². The zero-order valence-corrected chi connectivity index (χ0v) is 7.81. The summed E-state index contributed by atoms with van der Waals surface area (Å²) in [6.07, 6.45) is 0.290. The monoisotopic (exact) mass is 215 g/mol. The molecule has 1 heterocycles. The molecule has 1 atom stereocenters. The van der Waals surface area contributed by atoms with Crippen molar-refractivity contribution in [2.24, 2.45) is 0 Å². The van der Waals surface area contributed by atoms with Crippen LogP contribution >= 0.6 is 11.6 Å². The second-order valence-electron chi connectivity index (χ2n) is 3.16. The first kappa shape index (κ1) is 9.27. The van der Waals surface area contributed by atoms with Crippen LogP contribution in [0.1, 0.15) is 5.56 Å². The molecule has 74 valence electrons. The molecular weight excluding hydrogens is 209 g/mol. The fraction of sp³-hybridized carbons (Fsp3) is 0.222. The number of anilines is 1. The molecule has 5 heteroatoms. The van der Waals surface area contributed by atoms with Crippen molar-refractivity contribution < 1.29 is 14.3 Å². The van der Waals surface area contributed by atoms with Crippen molar-refractivity contribution in [1.29, 1.82) is 0 Å². The highest BCUT2D eigenvalue weighted by Gasteiger charge is 2.27. The van der Waals surface area contributed by atoms with Crippen LogP contribution in [0.2, 0.25) is 5.02 Å². The van der Waals surface area contributed by atoms with Gasteiger partial charge < -0.3 is 10.4 Å². The molecule has 0 fully saturated rings. The Balaban J connectivity index is 2.36. The molecule has 1 aliphatic heterocycles. The molecule has 1 unspecified atom stereocenters. The van der Waals surface area contributed by atoms with Gasteiger partial charge in [-0.05, 0) is 17.7 Å². The lowest BCUT2D eigenvalue weighted by Crippen LogP contribution is -2.26. The molecular formula is C9H7ClFNO2. The van der Waals surface area contributed by atoms with E-state index in [2.05, 4.69) is 5.32 Å². The summed E-state index contributed by atoms with van der Waals surface area (Å²) >= 11 is 5.56. The quantitative estimate of drug-likeness (QED) is 0.752. The van der Waals surface area contributed by atoms with E-state index in [0.29, 0.717) is 17.7 Å². The highest BCUT2D eigenvalue weighted by Crippen LogP contribution is 2.30. The molecule has 14 heavy (non-hydrogen) atoms. The van der Waals surface area contributed by atoms with Crippen molar-refractivity contribution in [3.05, 3.63) is 28.5 Å². The first-order chi connectivity index (χ1) is 6.58. The number of fused-ring (bicyclic) bond motifs is 1. The van der Waals surface area contributed by atoms with E-state index < -0.39 is 17.8 Å². The Morgan fingerprint density at radius 1 is 1.64 bits per heavy atom. The van der Waals surface area contributed by atoms with Gasteiger partial charge in [0.2, 0.25) is 0 Å². The average molecular weight is 216 g/mol. The lowest BCUT2D eigenvalue weighted by atomic mass is 10.1. The summed E-state index contributed by atoms with van der Waals surface area (Å²) in [5.74, 6) is -1.46. The minimum Gasteiger partial charge on any atom is -0.480 e. The standard InChI is InChI=1S/C9H7ClFNO2/c10-5-3-7-4(1-6(5)11)2-8(12-7)9(13)14/h1,3,8,12H,2H2,(H,13,14). The summed E-state index contributed by atoms with van der Waals surface area (Å²) in [5.41, 5.74) is 1.25. The maximum atomic E-state index is 13.0. The number of carboxylic acids is 1. The largest absolute Gasteiger partial charge is 0.480 e. The molecule has 0 saturated carbocycles. The fourth-order valence-corrected chi connectivity index (χ4v) is 1.66. The Hall–Kier alpha value is -1.29. The summed E-state index contributed by atoms with van der Waals surface area (Å²) in [6.45, 7) is 0. The second kappa shape index (κ2) is 3.13. The van der Waals surface area contributed by atoms with Crippen LogP contribution < -0.4 is 5.32 Å². The summed E-state index contributed by atoms with van der Waals surface area (Å²) in [7, 11) is 0. The lowest BCUT2D eigenvalue weighted by molar-refractivity contribution is -0.137. The van der Waals surface area contributed by atoms with Crippen LogP contribution in [0.5, 0.6) is 0 Å². The molecule has 2 rings (SSSR count). The van der Waals surface area contributed by atoms with Crippen molar-refractivity contribution in [1.82, 2.24) is 0 Å². The minimum absolute atomic E-state index is 0.00212.